The average molecular weight is 348 g/mol. The summed E-state index contributed by atoms with van der Waals surface area (Å²) in [4.78, 5) is 24.4. The Morgan fingerprint density at radius 2 is 1.77 bits per heavy atom. The maximum atomic E-state index is 13.3. The zero-order valence-corrected chi connectivity index (χ0v) is 13.8. The summed E-state index contributed by atoms with van der Waals surface area (Å²) in [7, 11) is 0. The van der Waals surface area contributed by atoms with E-state index in [-0.39, 0.29) is 5.91 Å². The number of amides is 1. The summed E-state index contributed by atoms with van der Waals surface area (Å²) in [6.07, 6.45) is 1.47. The van der Waals surface area contributed by atoms with Gasteiger partial charge >= 0.3 is 0 Å². The zero-order chi connectivity index (χ0) is 18.1. The largest absolute Gasteiger partial charge is 0.469 e. The van der Waals surface area contributed by atoms with Crippen molar-refractivity contribution in [3.63, 3.8) is 0 Å². The van der Waals surface area contributed by atoms with Crippen molar-refractivity contribution in [2.24, 2.45) is 0 Å². The van der Waals surface area contributed by atoms with Gasteiger partial charge in [-0.3, -0.25) is 14.9 Å². The average Bonchev–Trinajstić information content (AvgIpc) is 3.27. The van der Waals surface area contributed by atoms with Gasteiger partial charge in [0.25, 0.3) is 0 Å². The van der Waals surface area contributed by atoms with Crippen LogP contribution >= 0.6 is 0 Å². The van der Waals surface area contributed by atoms with Gasteiger partial charge in [-0.25, -0.2) is 0 Å². The van der Waals surface area contributed by atoms with Crippen LogP contribution in [-0.4, -0.2) is 17.4 Å². The van der Waals surface area contributed by atoms with Crippen LogP contribution in [-0.2, 0) is 10.2 Å². The molecule has 1 aliphatic heterocycles. The van der Waals surface area contributed by atoms with Crippen molar-refractivity contribution in [3.8, 4) is 0 Å². The molecule has 0 bridgehead atoms. The van der Waals surface area contributed by atoms with E-state index in [2.05, 4.69) is 5.32 Å². The van der Waals surface area contributed by atoms with E-state index in [1.165, 1.54) is 6.26 Å². The summed E-state index contributed by atoms with van der Waals surface area (Å²) in [6.45, 7) is -0.426. The lowest BCUT2D eigenvalue weighted by molar-refractivity contribution is -0.485. The number of nitro groups is 1. The molecule has 4 rings (SSSR count). The minimum absolute atomic E-state index is 0.284. The van der Waals surface area contributed by atoms with Crippen molar-refractivity contribution in [3.05, 3.63) is 100.0 Å². The third-order valence-electron chi connectivity index (χ3n) is 4.93. The van der Waals surface area contributed by atoms with E-state index in [4.69, 9.17) is 4.42 Å². The Kier molecular flexibility index (Phi) is 3.80. The summed E-state index contributed by atoms with van der Waals surface area (Å²) in [5.41, 5.74) is 0.856. The smallest absolute Gasteiger partial charge is 0.240 e. The fraction of sp³-hybridized carbons (Fsp3) is 0.150. The third-order valence-corrected chi connectivity index (χ3v) is 4.93. The molecule has 0 unspecified atom stereocenters. The number of hydrogen-bond acceptors (Lipinski definition) is 4. The van der Waals surface area contributed by atoms with Crippen LogP contribution in [0, 0.1) is 10.1 Å². The number of nitrogens with zero attached hydrogens (tertiary/aromatic N) is 1. The third kappa shape index (κ3) is 2.30. The molecule has 0 fully saturated rings. The summed E-state index contributed by atoms with van der Waals surface area (Å²) < 4.78 is 5.53. The van der Waals surface area contributed by atoms with Gasteiger partial charge in [0.1, 0.15) is 17.1 Å². The van der Waals surface area contributed by atoms with Gasteiger partial charge in [-0.1, -0.05) is 48.5 Å². The Bertz CT molecular complexity index is 953. The molecule has 0 spiro atoms. The second kappa shape index (κ2) is 6.15. The molecule has 1 amide bonds. The quantitative estimate of drug-likeness (QED) is 0.564. The van der Waals surface area contributed by atoms with Gasteiger partial charge in [-0.15, -0.1) is 0 Å². The standard InChI is InChI=1S/C20H16N2O4/c23-19-20(14-7-2-1-3-8-14,15-9-4-5-10-17(15)21-19)16(13-22(24)25)18-11-6-12-26-18/h1-12,16H,13H2,(H,21,23)/t16-,20-/m0/s1. The minimum Gasteiger partial charge on any atom is -0.469 e. The maximum Gasteiger partial charge on any atom is 0.240 e. The van der Waals surface area contributed by atoms with Crippen molar-refractivity contribution in [2.75, 3.05) is 11.9 Å². The molecule has 2 aromatic carbocycles. The predicted octanol–water partition coefficient (Wildman–Crippen LogP) is 3.58. The molecule has 1 N–H and O–H groups in total. The van der Waals surface area contributed by atoms with E-state index in [0.717, 1.165) is 5.56 Å². The van der Waals surface area contributed by atoms with Crippen LogP contribution < -0.4 is 5.32 Å². The predicted molar refractivity (Wildman–Crippen MR) is 95.6 cm³/mol. The number of fused-ring (bicyclic) bond motifs is 1. The molecule has 0 radical (unpaired) electrons. The molecule has 6 nitrogen and oxygen atoms in total. The molecular formula is C20H16N2O4. The number of nitrogens with one attached hydrogen (secondary N) is 1. The molecule has 26 heavy (non-hydrogen) atoms. The molecule has 1 aliphatic rings. The van der Waals surface area contributed by atoms with E-state index >= 15 is 0 Å². The van der Waals surface area contributed by atoms with E-state index in [0.29, 0.717) is 17.0 Å². The molecule has 0 aliphatic carbocycles. The van der Waals surface area contributed by atoms with Crippen LogP contribution in [0.1, 0.15) is 22.8 Å². The number of rotatable bonds is 5. The number of anilines is 1. The Balaban J connectivity index is 2.03. The molecule has 3 aromatic rings. The Morgan fingerprint density at radius 1 is 1.04 bits per heavy atom. The van der Waals surface area contributed by atoms with Crippen LogP contribution in [0.2, 0.25) is 0 Å². The molecule has 0 saturated carbocycles. The highest BCUT2D eigenvalue weighted by atomic mass is 16.6. The fourth-order valence-electron chi connectivity index (χ4n) is 3.89. The molecule has 130 valence electrons. The van der Waals surface area contributed by atoms with Gasteiger partial charge in [-0.2, -0.15) is 0 Å². The van der Waals surface area contributed by atoms with Gasteiger partial charge in [0.2, 0.25) is 12.5 Å². The molecule has 1 aromatic heterocycles. The normalized spacial score (nSPS) is 19.6. The highest BCUT2D eigenvalue weighted by Crippen LogP contribution is 2.51. The van der Waals surface area contributed by atoms with Crippen LogP contribution in [0.5, 0.6) is 0 Å². The number of para-hydroxylation sites is 1. The van der Waals surface area contributed by atoms with Crippen molar-refractivity contribution >= 4 is 11.6 Å². The first-order valence-corrected chi connectivity index (χ1v) is 8.25. The monoisotopic (exact) mass is 348 g/mol. The van der Waals surface area contributed by atoms with Crippen molar-refractivity contribution in [2.45, 2.75) is 11.3 Å². The number of carbonyl (C=O) groups is 1. The van der Waals surface area contributed by atoms with E-state index in [1.54, 1.807) is 12.1 Å². The SMILES string of the molecule is O=C1Nc2ccccc2[C@@]1(c1ccccc1)[C@@H](C[N+](=O)[O-])c1ccco1. The number of carbonyl (C=O) groups excluding carboxylic acids is 1. The highest BCUT2D eigenvalue weighted by molar-refractivity contribution is 6.09. The van der Waals surface area contributed by atoms with Crippen LogP contribution in [0.3, 0.4) is 0 Å². The van der Waals surface area contributed by atoms with E-state index in [1.807, 2.05) is 54.6 Å². The van der Waals surface area contributed by atoms with Gasteiger partial charge in [0.15, 0.2) is 0 Å². The minimum atomic E-state index is -1.23. The van der Waals surface area contributed by atoms with Crippen LogP contribution in [0.25, 0.3) is 0 Å². The van der Waals surface area contributed by atoms with Gasteiger partial charge in [-0.05, 0) is 29.3 Å². The first-order chi connectivity index (χ1) is 12.6. The van der Waals surface area contributed by atoms with Crippen LogP contribution in [0.4, 0.5) is 5.69 Å². The Morgan fingerprint density at radius 3 is 2.46 bits per heavy atom. The topological polar surface area (TPSA) is 85.4 Å². The number of hydrogen-bond donors (Lipinski definition) is 1. The summed E-state index contributed by atoms with van der Waals surface area (Å²) in [5, 5.41) is 14.4. The Labute approximate surface area is 149 Å². The second-order valence-electron chi connectivity index (χ2n) is 6.26. The second-order valence-corrected chi connectivity index (χ2v) is 6.26. The molecule has 2 atom stereocenters. The maximum absolute atomic E-state index is 13.3. The van der Waals surface area contributed by atoms with Crippen LogP contribution in [0.15, 0.2) is 77.4 Å². The molecule has 0 saturated heterocycles. The summed E-state index contributed by atoms with van der Waals surface area (Å²) in [6, 6.07) is 19.9. The lowest BCUT2D eigenvalue weighted by Crippen LogP contribution is -2.44. The summed E-state index contributed by atoms with van der Waals surface area (Å²) >= 11 is 0. The van der Waals surface area contributed by atoms with Gasteiger partial charge < -0.3 is 9.73 Å². The fourth-order valence-corrected chi connectivity index (χ4v) is 3.89. The van der Waals surface area contributed by atoms with Gasteiger partial charge in [0, 0.05) is 10.6 Å². The first kappa shape index (κ1) is 16.1. The van der Waals surface area contributed by atoms with Crippen molar-refractivity contribution in [1.82, 2.24) is 0 Å². The zero-order valence-electron chi connectivity index (χ0n) is 13.8. The first-order valence-electron chi connectivity index (χ1n) is 8.25. The summed E-state index contributed by atoms with van der Waals surface area (Å²) in [5.74, 6) is -0.649. The van der Waals surface area contributed by atoms with Gasteiger partial charge in [0.05, 0.1) is 6.26 Å². The van der Waals surface area contributed by atoms with Crippen molar-refractivity contribution in [1.29, 1.82) is 0 Å². The molecular weight excluding hydrogens is 332 g/mol. The number of benzene rings is 2. The lowest BCUT2D eigenvalue weighted by Gasteiger charge is -2.33. The Hall–Kier alpha value is -3.41. The number of furan rings is 1. The van der Waals surface area contributed by atoms with E-state index in [9.17, 15) is 14.9 Å². The van der Waals surface area contributed by atoms with E-state index < -0.39 is 22.8 Å². The van der Waals surface area contributed by atoms with Crippen molar-refractivity contribution < 1.29 is 14.1 Å². The molecule has 6 heteroatoms. The molecule has 2 heterocycles. The lowest BCUT2D eigenvalue weighted by atomic mass is 9.65. The highest BCUT2D eigenvalue weighted by Gasteiger charge is 2.56.